The summed E-state index contributed by atoms with van der Waals surface area (Å²) in [6.45, 7) is 0.699. The lowest BCUT2D eigenvalue weighted by Gasteiger charge is -2.23. The summed E-state index contributed by atoms with van der Waals surface area (Å²) in [5, 5.41) is 8.00. The van der Waals surface area contributed by atoms with Gasteiger partial charge in [-0.05, 0) is 11.6 Å². The summed E-state index contributed by atoms with van der Waals surface area (Å²) in [6.07, 6.45) is 1.53. The molecule has 2 aliphatic rings. The van der Waals surface area contributed by atoms with Crippen LogP contribution in [-0.4, -0.2) is 37.8 Å². The number of para-hydroxylation sites is 1. The van der Waals surface area contributed by atoms with Crippen LogP contribution in [0.2, 0.25) is 0 Å². The minimum absolute atomic E-state index is 0.284. The first-order chi connectivity index (χ1) is 9.50. The molecule has 2 aliphatic heterocycles. The summed E-state index contributed by atoms with van der Waals surface area (Å²) in [5.74, 6) is 0.542. The molecule has 0 amide bonds. The van der Waals surface area contributed by atoms with Crippen LogP contribution in [0.3, 0.4) is 0 Å². The predicted molar refractivity (Wildman–Crippen MR) is 74.9 cm³/mol. The molecule has 0 aliphatic carbocycles. The van der Waals surface area contributed by atoms with Crippen LogP contribution < -0.4 is 4.90 Å². The van der Waals surface area contributed by atoms with Crippen molar-refractivity contribution in [3.05, 3.63) is 41.8 Å². The summed E-state index contributed by atoms with van der Waals surface area (Å²) in [5.41, 5.74) is 1.87. The highest BCUT2D eigenvalue weighted by Crippen LogP contribution is 2.33. The van der Waals surface area contributed by atoms with Crippen molar-refractivity contribution >= 4 is 15.9 Å². The molecule has 0 atom stereocenters. The van der Waals surface area contributed by atoms with E-state index in [2.05, 4.69) is 10.2 Å². The summed E-state index contributed by atoms with van der Waals surface area (Å²) in [7, 11) is -0.518. The summed E-state index contributed by atoms with van der Waals surface area (Å²) < 4.78 is 27.2. The topological polar surface area (TPSA) is 68.6 Å². The number of fused-ring (bicyclic) bond motifs is 3. The van der Waals surface area contributed by atoms with E-state index in [-0.39, 0.29) is 6.54 Å². The van der Waals surface area contributed by atoms with E-state index in [1.54, 1.807) is 0 Å². The molecule has 0 saturated heterocycles. The van der Waals surface area contributed by atoms with E-state index >= 15 is 0 Å². The zero-order valence-electron chi connectivity index (χ0n) is 11.3. The van der Waals surface area contributed by atoms with Crippen molar-refractivity contribution in [2.75, 3.05) is 25.7 Å². The van der Waals surface area contributed by atoms with Gasteiger partial charge in [-0.1, -0.05) is 18.2 Å². The average molecular weight is 293 g/mol. The van der Waals surface area contributed by atoms with E-state index in [9.17, 15) is 8.42 Å². The lowest BCUT2D eigenvalue weighted by atomic mass is 10.1. The van der Waals surface area contributed by atoms with E-state index < -0.39 is 10.2 Å². The molecule has 0 bridgehead atoms. The SMILES string of the molecule is CN(C)S(=O)(=O)N1C=C2N=NCN2c2ccccc2C1. The maximum atomic E-state index is 12.4. The molecule has 0 saturated carbocycles. The van der Waals surface area contributed by atoms with Crippen molar-refractivity contribution in [2.24, 2.45) is 10.2 Å². The Balaban J connectivity index is 2.13. The maximum Gasteiger partial charge on any atom is 0.303 e. The number of rotatable bonds is 2. The van der Waals surface area contributed by atoms with Gasteiger partial charge in [0.05, 0.1) is 12.7 Å². The largest absolute Gasteiger partial charge is 0.303 e. The Morgan fingerprint density at radius 3 is 2.75 bits per heavy atom. The molecule has 8 heteroatoms. The summed E-state index contributed by atoms with van der Waals surface area (Å²) >= 11 is 0. The third-order valence-corrected chi connectivity index (χ3v) is 5.03. The number of benzene rings is 1. The van der Waals surface area contributed by atoms with Crippen molar-refractivity contribution in [1.82, 2.24) is 8.61 Å². The van der Waals surface area contributed by atoms with Crippen LogP contribution in [0.25, 0.3) is 0 Å². The fourth-order valence-corrected chi connectivity index (χ4v) is 3.15. The van der Waals surface area contributed by atoms with Gasteiger partial charge in [0.1, 0.15) is 6.67 Å². The molecule has 106 valence electrons. The van der Waals surface area contributed by atoms with Crippen LogP contribution in [-0.2, 0) is 16.8 Å². The fourth-order valence-electron chi connectivity index (χ4n) is 2.20. The van der Waals surface area contributed by atoms with Crippen molar-refractivity contribution in [1.29, 1.82) is 0 Å². The minimum Gasteiger partial charge on any atom is -0.301 e. The standard InChI is InChI=1S/C12H15N5O2S/c1-15(2)20(18,19)16-7-10-5-3-4-6-11(10)17-9-13-14-12(17)8-16/h3-6,8H,7,9H2,1-2H3. The van der Waals surface area contributed by atoms with E-state index in [1.807, 2.05) is 29.2 Å². The zero-order valence-corrected chi connectivity index (χ0v) is 12.1. The van der Waals surface area contributed by atoms with E-state index in [4.69, 9.17) is 0 Å². The lowest BCUT2D eigenvalue weighted by molar-refractivity contribution is 0.435. The van der Waals surface area contributed by atoms with Crippen molar-refractivity contribution < 1.29 is 8.42 Å². The van der Waals surface area contributed by atoms with Crippen LogP contribution in [0.1, 0.15) is 5.56 Å². The number of hydrogen-bond donors (Lipinski definition) is 0. The molecule has 7 nitrogen and oxygen atoms in total. The third kappa shape index (κ3) is 1.97. The smallest absolute Gasteiger partial charge is 0.301 e. The Kier molecular flexibility index (Phi) is 2.98. The van der Waals surface area contributed by atoms with Gasteiger partial charge >= 0.3 is 10.2 Å². The number of hydrogen-bond acceptors (Lipinski definition) is 5. The number of azo groups is 1. The number of nitrogens with zero attached hydrogens (tertiary/aromatic N) is 5. The molecular weight excluding hydrogens is 278 g/mol. The highest BCUT2D eigenvalue weighted by atomic mass is 32.2. The molecule has 1 aromatic rings. The van der Waals surface area contributed by atoms with Crippen molar-refractivity contribution in [3.8, 4) is 0 Å². The normalized spacial score (nSPS) is 17.9. The van der Waals surface area contributed by atoms with Crippen LogP contribution in [0, 0.1) is 0 Å². The molecule has 0 aromatic heterocycles. The monoisotopic (exact) mass is 293 g/mol. The Hall–Kier alpha value is -1.93. The predicted octanol–water partition coefficient (Wildman–Crippen LogP) is 1.34. The summed E-state index contributed by atoms with van der Waals surface area (Å²) in [6, 6.07) is 7.69. The number of anilines is 1. The van der Waals surface area contributed by atoms with Gasteiger partial charge < -0.3 is 4.90 Å². The molecule has 0 radical (unpaired) electrons. The molecule has 0 unspecified atom stereocenters. The van der Waals surface area contributed by atoms with Gasteiger partial charge in [-0.2, -0.15) is 17.8 Å². The highest BCUT2D eigenvalue weighted by molar-refractivity contribution is 7.86. The molecule has 0 spiro atoms. The Morgan fingerprint density at radius 1 is 1.25 bits per heavy atom. The van der Waals surface area contributed by atoms with Gasteiger partial charge in [-0.3, -0.25) is 4.31 Å². The van der Waals surface area contributed by atoms with Gasteiger partial charge in [0.2, 0.25) is 0 Å². The van der Waals surface area contributed by atoms with Gasteiger partial charge in [-0.15, -0.1) is 5.11 Å². The molecule has 20 heavy (non-hydrogen) atoms. The molecule has 0 fully saturated rings. The second-order valence-corrected chi connectivity index (χ2v) is 6.86. The van der Waals surface area contributed by atoms with Crippen molar-refractivity contribution in [2.45, 2.75) is 6.54 Å². The fraction of sp³-hybridized carbons (Fsp3) is 0.333. The van der Waals surface area contributed by atoms with Crippen LogP contribution in [0.5, 0.6) is 0 Å². The summed E-state index contributed by atoms with van der Waals surface area (Å²) in [4.78, 5) is 1.90. The Labute approximate surface area is 118 Å². The molecule has 1 aromatic carbocycles. The second kappa shape index (κ2) is 4.57. The van der Waals surface area contributed by atoms with Gasteiger partial charge in [0, 0.05) is 19.8 Å². The Morgan fingerprint density at radius 2 is 2.00 bits per heavy atom. The van der Waals surface area contributed by atoms with Crippen LogP contribution in [0.15, 0.2) is 46.5 Å². The van der Waals surface area contributed by atoms with Gasteiger partial charge in [-0.25, -0.2) is 0 Å². The maximum absolute atomic E-state index is 12.4. The van der Waals surface area contributed by atoms with Crippen LogP contribution in [0.4, 0.5) is 5.69 Å². The molecular formula is C12H15N5O2S. The first-order valence-corrected chi connectivity index (χ1v) is 7.54. The lowest BCUT2D eigenvalue weighted by Crippen LogP contribution is -2.36. The second-order valence-electron chi connectivity index (χ2n) is 4.76. The minimum atomic E-state index is -3.54. The van der Waals surface area contributed by atoms with Crippen molar-refractivity contribution in [3.63, 3.8) is 0 Å². The zero-order chi connectivity index (χ0) is 14.3. The Bertz CT molecular complexity index is 696. The van der Waals surface area contributed by atoms with Gasteiger partial charge in [0.15, 0.2) is 5.82 Å². The molecule has 3 rings (SSSR count). The average Bonchev–Trinajstić information content (AvgIpc) is 2.80. The van der Waals surface area contributed by atoms with Crippen LogP contribution >= 0.6 is 0 Å². The highest BCUT2D eigenvalue weighted by Gasteiger charge is 2.30. The first-order valence-electron chi connectivity index (χ1n) is 6.14. The van der Waals surface area contributed by atoms with E-state index in [1.165, 1.54) is 28.9 Å². The first kappa shape index (κ1) is 13.1. The van der Waals surface area contributed by atoms with Gasteiger partial charge in [0.25, 0.3) is 0 Å². The molecule has 0 N–H and O–H groups in total. The van der Waals surface area contributed by atoms with E-state index in [0.717, 1.165) is 11.3 Å². The van der Waals surface area contributed by atoms with E-state index in [0.29, 0.717) is 12.5 Å². The molecule has 2 heterocycles. The third-order valence-electron chi connectivity index (χ3n) is 3.28. The quantitative estimate of drug-likeness (QED) is 0.826.